The maximum absolute atomic E-state index is 3.80. The molecule has 1 aromatic rings. The predicted molar refractivity (Wildman–Crippen MR) is 79.4 cm³/mol. The largest absolute Gasteiger partial charge is 0.313 e. The van der Waals surface area contributed by atoms with Crippen molar-refractivity contribution in [2.75, 3.05) is 6.54 Å². The molecule has 0 unspecified atom stereocenters. The van der Waals surface area contributed by atoms with Crippen molar-refractivity contribution < 1.29 is 0 Å². The molecular formula is C18H25N. The number of hydrogen-bond donors (Lipinski definition) is 1. The number of rotatable bonds is 4. The fraction of sp³-hybridized carbons (Fsp3) is 0.667. The zero-order chi connectivity index (χ0) is 12.9. The van der Waals surface area contributed by atoms with E-state index in [9.17, 15) is 0 Å². The highest BCUT2D eigenvalue weighted by Crippen LogP contribution is 2.64. The summed E-state index contributed by atoms with van der Waals surface area (Å²) in [4.78, 5) is 0. The molecule has 0 atom stereocenters. The quantitative estimate of drug-likeness (QED) is 0.859. The van der Waals surface area contributed by atoms with E-state index in [0.29, 0.717) is 5.41 Å². The van der Waals surface area contributed by atoms with Gasteiger partial charge in [0.15, 0.2) is 0 Å². The minimum absolute atomic E-state index is 0.453. The molecule has 0 bridgehead atoms. The Hall–Kier alpha value is -0.820. The lowest BCUT2D eigenvalue weighted by molar-refractivity contribution is -0.0484. The highest BCUT2D eigenvalue weighted by Gasteiger charge is 2.57. The highest BCUT2D eigenvalue weighted by molar-refractivity contribution is 5.35. The molecule has 1 heteroatoms. The fourth-order valence-corrected chi connectivity index (χ4v) is 4.45. The van der Waals surface area contributed by atoms with Gasteiger partial charge in [-0.15, -0.1) is 0 Å². The van der Waals surface area contributed by atoms with Crippen molar-refractivity contribution >= 4 is 0 Å². The topological polar surface area (TPSA) is 12.0 Å². The molecule has 19 heavy (non-hydrogen) atoms. The average molecular weight is 255 g/mol. The van der Waals surface area contributed by atoms with Crippen LogP contribution in [0.5, 0.6) is 0 Å². The van der Waals surface area contributed by atoms with Crippen LogP contribution in [0.3, 0.4) is 0 Å². The van der Waals surface area contributed by atoms with Crippen molar-refractivity contribution in [1.82, 2.24) is 5.32 Å². The fourth-order valence-electron chi connectivity index (χ4n) is 4.45. The van der Waals surface area contributed by atoms with Crippen LogP contribution >= 0.6 is 0 Å². The van der Waals surface area contributed by atoms with Gasteiger partial charge in [-0.1, -0.05) is 36.2 Å². The van der Waals surface area contributed by atoms with E-state index < -0.39 is 0 Å². The Balaban J connectivity index is 1.56. The first-order valence-corrected chi connectivity index (χ1v) is 8.00. The maximum atomic E-state index is 3.80. The van der Waals surface area contributed by atoms with Crippen LogP contribution in [-0.2, 0) is 5.41 Å². The van der Waals surface area contributed by atoms with Gasteiger partial charge in [-0.05, 0) is 56.4 Å². The molecule has 3 saturated carbocycles. The van der Waals surface area contributed by atoms with Crippen molar-refractivity contribution in [3.8, 4) is 0 Å². The lowest BCUT2D eigenvalue weighted by atomic mass is 9.43. The van der Waals surface area contributed by atoms with Crippen LogP contribution in [0, 0.1) is 12.3 Å². The predicted octanol–water partition coefficient (Wildman–Crippen LogP) is 3.95. The smallest absolute Gasteiger partial charge is 0.00885 e. The van der Waals surface area contributed by atoms with Crippen LogP contribution < -0.4 is 5.32 Å². The minimum Gasteiger partial charge on any atom is -0.313 e. The van der Waals surface area contributed by atoms with Gasteiger partial charge in [0.2, 0.25) is 0 Å². The number of nitrogens with one attached hydrogen (secondary N) is 1. The van der Waals surface area contributed by atoms with Crippen LogP contribution in [0.1, 0.15) is 56.1 Å². The van der Waals surface area contributed by atoms with E-state index in [-0.39, 0.29) is 0 Å². The lowest BCUT2D eigenvalue weighted by Crippen LogP contribution is -2.57. The van der Waals surface area contributed by atoms with E-state index in [1.165, 1.54) is 57.1 Å². The second-order valence-electron chi connectivity index (χ2n) is 7.51. The second-order valence-corrected chi connectivity index (χ2v) is 7.51. The Kier molecular flexibility index (Phi) is 2.57. The van der Waals surface area contributed by atoms with Gasteiger partial charge in [-0.3, -0.25) is 0 Å². The zero-order valence-electron chi connectivity index (χ0n) is 12.0. The van der Waals surface area contributed by atoms with Gasteiger partial charge in [-0.2, -0.15) is 0 Å². The monoisotopic (exact) mass is 255 g/mol. The van der Waals surface area contributed by atoms with Gasteiger partial charge in [0, 0.05) is 18.0 Å². The lowest BCUT2D eigenvalue weighted by Gasteiger charge is -2.62. The zero-order valence-corrected chi connectivity index (χ0v) is 12.0. The molecule has 1 spiro atoms. The summed E-state index contributed by atoms with van der Waals surface area (Å²) in [5, 5.41) is 3.80. The highest BCUT2D eigenvalue weighted by atomic mass is 15.0. The summed E-state index contributed by atoms with van der Waals surface area (Å²) in [6.07, 6.45) is 10.1. The molecule has 4 rings (SSSR count). The van der Waals surface area contributed by atoms with Crippen LogP contribution in [0.2, 0.25) is 0 Å². The van der Waals surface area contributed by atoms with E-state index in [4.69, 9.17) is 0 Å². The van der Waals surface area contributed by atoms with Crippen molar-refractivity contribution in [2.45, 2.75) is 63.3 Å². The molecule has 0 heterocycles. The third-order valence-corrected chi connectivity index (χ3v) is 5.78. The van der Waals surface area contributed by atoms with Crippen molar-refractivity contribution in [3.05, 3.63) is 35.4 Å². The van der Waals surface area contributed by atoms with Crippen molar-refractivity contribution in [1.29, 1.82) is 0 Å². The van der Waals surface area contributed by atoms with E-state index in [1.807, 2.05) is 0 Å². The van der Waals surface area contributed by atoms with Crippen LogP contribution in [0.25, 0.3) is 0 Å². The van der Waals surface area contributed by atoms with Gasteiger partial charge in [-0.25, -0.2) is 0 Å². The van der Waals surface area contributed by atoms with E-state index in [0.717, 1.165) is 11.5 Å². The summed E-state index contributed by atoms with van der Waals surface area (Å²) < 4.78 is 0. The first-order valence-electron chi connectivity index (χ1n) is 8.00. The molecule has 0 saturated heterocycles. The number of benzene rings is 1. The van der Waals surface area contributed by atoms with E-state index >= 15 is 0 Å². The Bertz CT molecular complexity index is 474. The molecule has 3 fully saturated rings. The summed E-state index contributed by atoms with van der Waals surface area (Å²) in [5.74, 6) is 0. The van der Waals surface area contributed by atoms with Crippen molar-refractivity contribution in [2.24, 2.45) is 5.41 Å². The third kappa shape index (κ3) is 2.03. The van der Waals surface area contributed by atoms with Crippen LogP contribution in [0.4, 0.5) is 0 Å². The molecule has 1 nitrogen and oxygen atoms in total. The summed E-state index contributed by atoms with van der Waals surface area (Å²) in [6.45, 7) is 3.44. The molecule has 0 amide bonds. The molecule has 102 valence electrons. The summed E-state index contributed by atoms with van der Waals surface area (Å²) >= 11 is 0. The Morgan fingerprint density at radius 1 is 1.21 bits per heavy atom. The first kappa shape index (κ1) is 12.0. The SMILES string of the molecule is Cc1cccc(C2(CNC3CC3)CC3(CCC3)C2)c1. The van der Waals surface area contributed by atoms with E-state index in [1.54, 1.807) is 5.56 Å². The van der Waals surface area contributed by atoms with Gasteiger partial charge in [0.05, 0.1) is 0 Å². The molecule has 3 aliphatic rings. The Morgan fingerprint density at radius 2 is 2.00 bits per heavy atom. The maximum Gasteiger partial charge on any atom is 0.00885 e. The van der Waals surface area contributed by atoms with Crippen LogP contribution in [0.15, 0.2) is 24.3 Å². The molecule has 1 N–H and O–H groups in total. The normalized spacial score (nSPS) is 26.8. The molecular weight excluding hydrogens is 230 g/mol. The Labute approximate surface area is 116 Å². The van der Waals surface area contributed by atoms with Crippen molar-refractivity contribution in [3.63, 3.8) is 0 Å². The first-order chi connectivity index (χ1) is 9.20. The molecule has 1 aromatic carbocycles. The van der Waals surface area contributed by atoms with Crippen LogP contribution in [-0.4, -0.2) is 12.6 Å². The average Bonchev–Trinajstić information content (AvgIpc) is 3.09. The standard InChI is InChI=1S/C18H25N/c1-14-4-2-5-15(10-14)18(13-19-16-6-7-16)11-17(12-18)8-3-9-17/h2,4-5,10,16,19H,3,6-9,11-13H2,1H3. The third-order valence-electron chi connectivity index (χ3n) is 5.78. The molecule has 0 aliphatic heterocycles. The van der Waals surface area contributed by atoms with Gasteiger partial charge in [0.1, 0.15) is 0 Å². The molecule has 3 aliphatic carbocycles. The summed E-state index contributed by atoms with van der Waals surface area (Å²) in [5.41, 5.74) is 4.21. The van der Waals surface area contributed by atoms with Gasteiger partial charge < -0.3 is 5.32 Å². The van der Waals surface area contributed by atoms with E-state index in [2.05, 4.69) is 36.5 Å². The number of aryl methyl sites for hydroxylation is 1. The second kappa shape index (κ2) is 4.09. The number of hydrogen-bond acceptors (Lipinski definition) is 1. The van der Waals surface area contributed by atoms with Gasteiger partial charge in [0.25, 0.3) is 0 Å². The molecule has 0 radical (unpaired) electrons. The van der Waals surface area contributed by atoms with Gasteiger partial charge >= 0.3 is 0 Å². The molecule has 0 aromatic heterocycles. The Morgan fingerprint density at radius 3 is 2.58 bits per heavy atom. The summed E-state index contributed by atoms with van der Waals surface area (Å²) in [6, 6.07) is 10.1. The summed E-state index contributed by atoms with van der Waals surface area (Å²) in [7, 11) is 0. The minimum atomic E-state index is 0.453.